The zero-order valence-electron chi connectivity index (χ0n) is 8.66. The number of carboxylic acid groups (broad SMARTS) is 1. The molecule has 2 aromatic heterocycles. The van der Waals surface area contributed by atoms with Crippen LogP contribution < -0.4 is 5.73 Å². The number of nitrogen functional groups attached to an aromatic ring is 1. The average Bonchev–Trinajstić information content (AvgIpc) is 2.76. The zero-order chi connectivity index (χ0) is 12.4. The molecule has 0 saturated heterocycles. The third-order valence-electron chi connectivity index (χ3n) is 2.23. The van der Waals surface area contributed by atoms with Crippen LogP contribution in [0.5, 0.6) is 0 Å². The number of aromatic carboxylic acids is 1. The normalized spacial score (nSPS) is 9.82. The van der Waals surface area contributed by atoms with Crippen LogP contribution in [0, 0.1) is 11.3 Å². The Morgan fingerprint density at radius 2 is 2.35 bits per heavy atom. The summed E-state index contributed by atoms with van der Waals surface area (Å²) in [5.74, 6) is -0.750. The molecule has 84 valence electrons. The molecular weight excluding hydrogens is 220 g/mol. The molecule has 0 aliphatic rings. The number of anilines is 1. The van der Waals surface area contributed by atoms with Crippen LogP contribution in [-0.2, 0) is 0 Å². The second kappa shape index (κ2) is 3.98. The fraction of sp³-hybridized carbons (Fsp3) is 0. The van der Waals surface area contributed by atoms with Crippen LogP contribution in [0.1, 0.15) is 16.1 Å². The maximum Gasteiger partial charge on any atom is 0.337 e. The Morgan fingerprint density at radius 1 is 1.59 bits per heavy atom. The molecule has 0 bridgehead atoms. The summed E-state index contributed by atoms with van der Waals surface area (Å²) in [5, 5.41) is 17.6. The molecule has 0 amide bonds. The topological polar surface area (TPSA) is 105 Å². The second-order valence-electron chi connectivity index (χ2n) is 3.32. The maximum absolute atomic E-state index is 10.7. The zero-order valence-corrected chi connectivity index (χ0v) is 8.66. The van der Waals surface area contributed by atoms with E-state index in [9.17, 15) is 4.79 Å². The summed E-state index contributed by atoms with van der Waals surface area (Å²) in [7, 11) is 0. The minimum absolute atomic E-state index is 0.0110. The fourth-order valence-electron chi connectivity index (χ4n) is 1.45. The van der Waals surface area contributed by atoms with Crippen molar-refractivity contribution in [3.8, 4) is 11.9 Å². The number of carboxylic acids is 1. The highest BCUT2D eigenvalue weighted by molar-refractivity contribution is 5.88. The fourth-order valence-corrected chi connectivity index (χ4v) is 1.45. The average molecular weight is 228 g/mol. The summed E-state index contributed by atoms with van der Waals surface area (Å²) >= 11 is 0. The van der Waals surface area contributed by atoms with Crippen molar-refractivity contribution < 1.29 is 9.90 Å². The lowest BCUT2D eigenvalue weighted by molar-refractivity contribution is 0.0696. The van der Waals surface area contributed by atoms with Gasteiger partial charge in [-0.25, -0.2) is 9.78 Å². The van der Waals surface area contributed by atoms with E-state index in [0.29, 0.717) is 11.5 Å². The highest BCUT2D eigenvalue weighted by atomic mass is 16.4. The first-order valence-corrected chi connectivity index (χ1v) is 4.70. The van der Waals surface area contributed by atoms with Gasteiger partial charge in [-0.3, -0.25) is 4.57 Å². The van der Waals surface area contributed by atoms with E-state index < -0.39 is 5.97 Å². The van der Waals surface area contributed by atoms with Gasteiger partial charge in [-0.15, -0.1) is 0 Å². The first-order chi connectivity index (χ1) is 8.13. The Bertz CT molecular complexity index is 625. The predicted octanol–water partition coefficient (Wildman–Crippen LogP) is 1.02. The SMILES string of the molecule is N#Cc1cccn1-c1ncc(C(=O)O)cc1N. The van der Waals surface area contributed by atoms with Gasteiger partial charge in [0.2, 0.25) is 0 Å². The Labute approximate surface area is 96.5 Å². The lowest BCUT2D eigenvalue weighted by Crippen LogP contribution is -2.06. The molecule has 17 heavy (non-hydrogen) atoms. The van der Waals surface area contributed by atoms with E-state index in [0.717, 1.165) is 0 Å². The van der Waals surface area contributed by atoms with Gasteiger partial charge in [0.1, 0.15) is 11.8 Å². The van der Waals surface area contributed by atoms with Crippen molar-refractivity contribution in [1.82, 2.24) is 9.55 Å². The van der Waals surface area contributed by atoms with E-state index in [-0.39, 0.29) is 11.3 Å². The van der Waals surface area contributed by atoms with Crippen LogP contribution in [0.2, 0.25) is 0 Å². The molecule has 3 N–H and O–H groups in total. The molecule has 0 spiro atoms. The summed E-state index contributed by atoms with van der Waals surface area (Å²) in [6.45, 7) is 0. The quantitative estimate of drug-likeness (QED) is 0.798. The molecule has 0 fully saturated rings. The predicted molar refractivity (Wildman–Crippen MR) is 59.7 cm³/mol. The van der Waals surface area contributed by atoms with Crippen LogP contribution in [-0.4, -0.2) is 20.6 Å². The van der Waals surface area contributed by atoms with Crippen LogP contribution in [0.3, 0.4) is 0 Å². The molecule has 6 nitrogen and oxygen atoms in total. The van der Waals surface area contributed by atoms with Crippen LogP contribution >= 0.6 is 0 Å². The van der Waals surface area contributed by atoms with Gasteiger partial charge >= 0.3 is 5.97 Å². The minimum atomic E-state index is -1.09. The molecule has 0 aliphatic carbocycles. The minimum Gasteiger partial charge on any atom is -0.478 e. The number of rotatable bonds is 2. The number of nitriles is 1. The summed E-state index contributed by atoms with van der Waals surface area (Å²) in [5.41, 5.74) is 6.32. The summed E-state index contributed by atoms with van der Waals surface area (Å²) in [6, 6.07) is 6.60. The molecule has 0 aliphatic heterocycles. The van der Waals surface area contributed by atoms with E-state index in [4.69, 9.17) is 16.1 Å². The highest BCUT2D eigenvalue weighted by Gasteiger charge is 2.11. The van der Waals surface area contributed by atoms with E-state index in [1.54, 1.807) is 18.3 Å². The summed E-state index contributed by atoms with van der Waals surface area (Å²) in [6.07, 6.45) is 2.84. The van der Waals surface area contributed by atoms with Crippen molar-refractivity contribution in [1.29, 1.82) is 5.26 Å². The standard InChI is InChI=1S/C11H8N4O2/c12-5-8-2-1-3-15(8)10-9(13)4-7(6-14-10)11(16)17/h1-4,6H,13H2,(H,16,17). The number of nitrogens with zero attached hydrogens (tertiary/aromatic N) is 3. The summed E-state index contributed by atoms with van der Waals surface area (Å²) in [4.78, 5) is 14.7. The highest BCUT2D eigenvalue weighted by Crippen LogP contribution is 2.18. The molecule has 2 aromatic rings. The van der Waals surface area contributed by atoms with Gasteiger partial charge in [0, 0.05) is 12.4 Å². The molecule has 0 aromatic carbocycles. The van der Waals surface area contributed by atoms with Crippen molar-refractivity contribution in [2.75, 3.05) is 5.73 Å². The van der Waals surface area contributed by atoms with Crippen LogP contribution in [0.4, 0.5) is 5.69 Å². The third kappa shape index (κ3) is 1.81. The second-order valence-corrected chi connectivity index (χ2v) is 3.32. The van der Waals surface area contributed by atoms with Gasteiger partial charge < -0.3 is 10.8 Å². The first-order valence-electron chi connectivity index (χ1n) is 4.70. The largest absolute Gasteiger partial charge is 0.478 e. The van der Waals surface area contributed by atoms with E-state index in [1.165, 1.54) is 16.8 Å². The monoisotopic (exact) mass is 228 g/mol. The van der Waals surface area contributed by atoms with Gasteiger partial charge in [0.15, 0.2) is 5.82 Å². The molecule has 0 atom stereocenters. The van der Waals surface area contributed by atoms with Crippen molar-refractivity contribution in [3.05, 3.63) is 41.9 Å². The molecular formula is C11H8N4O2. The molecule has 0 radical (unpaired) electrons. The maximum atomic E-state index is 10.7. The summed E-state index contributed by atoms with van der Waals surface area (Å²) < 4.78 is 1.50. The van der Waals surface area contributed by atoms with Gasteiger partial charge in [-0.2, -0.15) is 5.26 Å². The Balaban J connectivity index is 2.55. The molecule has 2 rings (SSSR count). The lowest BCUT2D eigenvalue weighted by atomic mass is 10.2. The van der Waals surface area contributed by atoms with Crippen molar-refractivity contribution in [2.24, 2.45) is 0 Å². The van der Waals surface area contributed by atoms with Crippen molar-refractivity contribution in [2.45, 2.75) is 0 Å². The van der Waals surface area contributed by atoms with E-state index in [2.05, 4.69) is 4.98 Å². The number of hydrogen-bond acceptors (Lipinski definition) is 4. The van der Waals surface area contributed by atoms with E-state index in [1.807, 2.05) is 6.07 Å². The Hall–Kier alpha value is -2.81. The van der Waals surface area contributed by atoms with Gasteiger partial charge in [0.05, 0.1) is 11.3 Å². The third-order valence-corrected chi connectivity index (χ3v) is 2.23. The Morgan fingerprint density at radius 3 is 2.94 bits per heavy atom. The van der Waals surface area contributed by atoms with Gasteiger partial charge in [-0.1, -0.05) is 0 Å². The molecule has 0 unspecified atom stereocenters. The van der Waals surface area contributed by atoms with Gasteiger partial charge in [-0.05, 0) is 18.2 Å². The van der Waals surface area contributed by atoms with E-state index >= 15 is 0 Å². The van der Waals surface area contributed by atoms with Crippen LogP contribution in [0.25, 0.3) is 5.82 Å². The molecule has 0 saturated carbocycles. The van der Waals surface area contributed by atoms with Gasteiger partial charge in [0.25, 0.3) is 0 Å². The first kappa shape index (κ1) is 10.7. The number of nitrogens with two attached hydrogens (primary N) is 1. The molecule has 2 heterocycles. The number of hydrogen-bond donors (Lipinski definition) is 2. The molecule has 6 heteroatoms. The smallest absolute Gasteiger partial charge is 0.337 e. The van der Waals surface area contributed by atoms with Crippen LogP contribution in [0.15, 0.2) is 30.6 Å². The number of aromatic nitrogens is 2. The van der Waals surface area contributed by atoms with Crippen molar-refractivity contribution in [3.63, 3.8) is 0 Å². The Kier molecular flexibility index (Phi) is 2.51. The van der Waals surface area contributed by atoms with Crippen molar-refractivity contribution >= 4 is 11.7 Å². The number of pyridine rings is 1. The number of carbonyl (C=O) groups is 1. The lowest BCUT2D eigenvalue weighted by Gasteiger charge is -2.07.